The van der Waals surface area contributed by atoms with E-state index in [2.05, 4.69) is 25.4 Å². The van der Waals surface area contributed by atoms with Gasteiger partial charge in [-0.2, -0.15) is 5.10 Å². The Labute approximate surface area is 178 Å². The second kappa shape index (κ2) is 7.25. The third kappa shape index (κ3) is 3.15. The van der Waals surface area contributed by atoms with Crippen molar-refractivity contribution in [2.24, 2.45) is 5.41 Å². The first-order chi connectivity index (χ1) is 14.6. The van der Waals surface area contributed by atoms with Crippen molar-refractivity contribution in [3.63, 3.8) is 0 Å². The number of piperidine rings is 1. The van der Waals surface area contributed by atoms with Gasteiger partial charge in [0, 0.05) is 49.2 Å². The van der Waals surface area contributed by atoms with E-state index in [1.54, 1.807) is 12.4 Å². The minimum absolute atomic E-state index is 0.136. The Hall–Kier alpha value is -3.19. The summed E-state index contributed by atoms with van der Waals surface area (Å²) in [7, 11) is 0. The number of anilines is 1. The lowest BCUT2D eigenvalue weighted by Gasteiger charge is -2.39. The quantitative estimate of drug-likeness (QED) is 0.632. The number of amides is 2. The molecule has 0 radical (unpaired) electrons. The summed E-state index contributed by atoms with van der Waals surface area (Å²) < 4.78 is 0. The van der Waals surface area contributed by atoms with E-state index in [1.807, 2.05) is 36.7 Å². The second-order valence-corrected chi connectivity index (χ2v) is 8.31. The number of imide groups is 1. The molecule has 1 aromatic carbocycles. The number of pyridine rings is 1. The summed E-state index contributed by atoms with van der Waals surface area (Å²) in [6.07, 6.45) is 8.65. The van der Waals surface area contributed by atoms with Crippen LogP contribution in [0.5, 0.6) is 0 Å². The second-order valence-electron chi connectivity index (χ2n) is 7.90. The number of benzene rings is 1. The van der Waals surface area contributed by atoms with E-state index in [0.717, 1.165) is 27.9 Å². The topological polar surface area (TPSA) is 91.0 Å². The molecule has 2 saturated heterocycles. The molecule has 3 aromatic rings. The van der Waals surface area contributed by atoms with Crippen LogP contribution in [0.15, 0.2) is 49.1 Å². The number of carbonyl (C=O) groups is 2. The van der Waals surface area contributed by atoms with Gasteiger partial charge >= 0.3 is 0 Å². The third-order valence-electron chi connectivity index (χ3n) is 6.17. The van der Waals surface area contributed by atoms with Gasteiger partial charge in [0.15, 0.2) is 0 Å². The SMILES string of the molecule is O=C1CC2(CCN(c3c(Cl)cncc3-c3ccc(-c4cn[nH]c4)cc3)CC2)C(=O)N1. The van der Waals surface area contributed by atoms with Gasteiger partial charge in [-0.1, -0.05) is 35.9 Å². The molecule has 2 aliphatic heterocycles. The van der Waals surface area contributed by atoms with Crippen LogP contribution in [0.2, 0.25) is 5.02 Å². The number of rotatable bonds is 3. The number of hydrogen-bond acceptors (Lipinski definition) is 5. The van der Waals surface area contributed by atoms with E-state index in [9.17, 15) is 9.59 Å². The number of aromatic nitrogens is 3. The van der Waals surface area contributed by atoms with E-state index in [1.165, 1.54) is 0 Å². The molecule has 7 nitrogen and oxygen atoms in total. The third-order valence-corrected chi connectivity index (χ3v) is 6.45. The summed E-state index contributed by atoms with van der Waals surface area (Å²) in [5.41, 5.74) is 4.41. The molecule has 2 aliphatic rings. The van der Waals surface area contributed by atoms with Crippen LogP contribution < -0.4 is 10.2 Å². The van der Waals surface area contributed by atoms with Gasteiger partial charge in [0.25, 0.3) is 0 Å². The fourth-order valence-corrected chi connectivity index (χ4v) is 4.74. The first-order valence-electron chi connectivity index (χ1n) is 9.88. The average Bonchev–Trinajstić information content (AvgIpc) is 3.37. The molecule has 8 heteroatoms. The molecule has 152 valence electrons. The Kier molecular flexibility index (Phi) is 4.55. The number of nitrogens with one attached hydrogen (secondary N) is 2. The van der Waals surface area contributed by atoms with E-state index in [-0.39, 0.29) is 18.2 Å². The Balaban J connectivity index is 1.43. The molecule has 2 fully saturated rings. The summed E-state index contributed by atoms with van der Waals surface area (Å²) in [5.74, 6) is -0.308. The molecule has 4 heterocycles. The number of H-pyrrole nitrogens is 1. The van der Waals surface area contributed by atoms with Crippen LogP contribution >= 0.6 is 11.6 Å². The van der Waals surface area contributed by atoms with E-state index in [4.69, 9.17) is 11.6 Å². The zero-order chi connectivity index (χ0) is 20.7. The van der Waals surface area contributed by atoms with E-state index >= 15 is 0 Å². The minimum atomic E-state index is -0.570. The van der Waals surface area contributed by atoms with Crippen LogP contribution in [0.25, 0.3) is 22.3 Å². The largest absolute Gasteiger partial charge is 0.370 e. The molecule has 0 atom stereocenters. The minimum Gasteiger partial charge on any atom is -0.370 e. The maximum Gasteiger partial charge on any atom is 0.233 e. The van der Waals surface area contributed by atoms with Gasteiger partial charge in [-0.3, -0.25) is 25.0 Å². The molecule has 1 spiro atoms. The van der Waals surface area contributed by atoms with Gasteiger partial charge in [0.2, 0.25) is 11.8 Å². The van der Waals surface area contributed by atoms with Crippen molar-refractivity contribution in [2.75, 3.05) is 18.0 Å². The highest BCUT2D eigenvalue weighted by molar-refractivity contribution is 6.33. The first kappa shape index (κ1) is 18.8. The van der Waals surface area contributed by atoms with Crippen molar-refractivity contribution >= 4 is 29.1 Å². The fraction of sp³-hybridized carbons (Fsp3) is 0.273. The molecule has 0 saturated carbocycles. The van der Waals surface area contributed by atoms with Crippen molar-refractivity contribution in [3.05, 3.63) is 54.1 Å². The summed E-state index contributed by atoms with van der Waals surface area (Å²) in [5, 5.41) is 9.86. The predicted molar refractivity (Wildman–Crippen MR) is 114 cm³/mol. The van der Waals surface area contributed by atoms with Crippen LogP contribution in [0.4, 0.5) is 5.69 Å². The standard InChI is InChI=1S/C22H20ClN5O2/c23-18-13-24-12-17(15-3-1-14(2-4-15)16-10-25-26-11-16)20(18)28-7-5-22(6-8-28)9-19(29)27-21(22)30/h1-4,10-13H,5-9H2,(H,25,26)(H,27,29,30). The van der Waals surface area contributed by atoms with Gasteiger partial charge in [0.1, 0.15) is 0 Å². The summed E-state index contributed by atoms with van der Waals surface area (Å²) in [6, 6.07) is 8.19. The monoisotopic (exact) mass is 421 g/mol. The first-order valence-corrected chi connectivity index (χ1v) is 10.3. The highest BCUT2D eigenvalue weighted by Crippen LogP contribution is 2.43. The van der Waals surface area contributed by atoms with Crippen LogP contribution in [-0.2, 0) is 9.59 Å². The molecule has 2 aromatic heterocycles. The predicted octanol–water partition coefficient (Wildman–Crippen LogP) is 3.43. The van der Waals surface area contributed by atoms with Crippen molar-refractivity contribution < 1.29 is 9.59 Å². The van der Waals surface area contributed by atoms with Gasteiger partial charge in [0.05, 0.1) is 22.3 Å². The van der Waals surface area contributed by atoms with Gasteiger partial charge in [-0.15, -0.1) is 0 Å². The summed E-state index contributed by atoms with van der Waals surface area (Å²) >= 11 is 6.58. The van der Waals surface area contributed by atoms with E-state index in [0.29, 0.717) is 31.0 Å². The number of hydrogen-bond donors (Lipinski definition) is 2. The molecule has 2 N–H and O–H groups in total. The zero-order valence-electron chi connectivity index (χ0n) is 16.2. The van der Waals surface area contributed by atoms with Gasteiger partial charge in [-0.25, -0.2) is 0 Å². The maximum atomic E-state index is 12.3. The molecule has 30 heavy (non-hydrogen) atoms. The van der Waals surface area contributed by atoms with Crippen molar-refractivity contribution in [2.45, 2.75) is 19.3 Å². The molecule has 2 amide bonds. The maximum absolute atomic E-state index is 12.3. The lowest BCUT2D eigenvalue weighted by atomic mass is 9.77. The van der Waals surface area contributed by atoms with Crippen LogP contribution in [0, 0.1) is 5.41 Å². The highest BCUT2D eigenvalue weighted by atomic mass is 35.5. The Morgan fingerprint density at radius 2 is 1.70 bits per heavy atom. The normalized spacial score (nSPS) is 18.1. The smallest absolute Gasteiger partial charge is 0.233 e. The van der Waals surface area contributed by atoms with Crippen LogP contribution in [0.3, 0.4) is 0 Å². The molecular formula is C22H20ClN5O2. The van der Waals surface area contributed by atoms with Crippen LogP contribution in [-0.4, -0.2) is 40.1 Å². The Bertz CT molecular complexity index is 1100. The fourth-order valence-electron chi connectivity index (χ4n) is 4.47. The Morgan fingerprint density at radius 3 is 2.33 bits per heavy atom. The molecule has 0 aliphatic carbocycles. The lowest BCUT2D eigenvalue weighted by Crippen LogP contribution is -2.44. The van der Waals surface area contributed by atoms with Crippen molar-refractivity contribution in [1.29, 1.82) is 0 Å². The average molecular weight is 422 g/mol. The van der Waals surface area contributed by atoms with Gasteiger partial charge < -0.3 is 4.90 Å². The molecule has 0 unspecified atom stereocenters. The van der Waals surface area contributed by atoms with Gasteiger partial charge in [-0.05, 0) is 24.0 Å². The highest BCUT2D eigenvalue weighted by Gasteiger charge is 2.48. The molecule has 5 rings (SSSR count). The number of nitrogens with zero attached hydrogens (tertiary/aromatic N) is 3. The number of carbonyl (C=O) groups excluding carboxylic acids is 2. The lowest BCUT2D eigenvalue weighted by molar-refractivity contribution is -0.129. The molecular weight excluding hydrogens is 402 g/mol. The Morgan fingerprint density at radius 1 is 0.967 bits per heavy atom. The zero-order valence-corrected chi connectivity index (χ0v) is 16.9. The van der Waals surface area contributed by atoms with Crippen molar-refractivity contribution in [1.82, 2.24) is 20.5 Å². The van der Waals surface area contributed by atoms with Crippen molar-refractivity contribution in [3.8, 4) is 22.3 Å². The summed E-state index contributed by atoms with van der Waals surface area (Å²) in [4.78, 5) is 30.5. The van der Waals surface area contributed by atoms with Crippen LogP contribution in [0.1, 0.15) is 19.3 Å². The summed E-state index contributed by atoms with van der Waals surface area (Å²) in [6.45, 7) is 1.31. The van der Waals surface area contributed by atoms with E-state index < -0.39 is 5.41 Å². The molecule has 0 bridgehead atoms. The number of aromatic amines is 1. The number of halogens is 1.